The summed E-state index contributed by atoms with van der Waals surface area (Å²) >= 11 is 5.98. The largest absolute Gasteiger partial charge is 0.396 e. The van der Waals surface area contributed by atoms with Crippen LogP contribution in [0.5, 0.6) is 0 Å². The minimum absolute atomic E-state index is 0.0212. The van der Waals surface area contributed by atoms with Gasteiger partial charge in [-0.3, -0.25) is 9.88 Å². The molecule has 2 aliphatic rings. The van der Waals surface area contributed by atoms with Crippen molar-refractivity contribution in [3.63, 3.8) is 0 Å². The van der Waals surface area contributed by atoms with Gasteiger partial charge < -0.3 is 10.4 Å². The van der Waals surface area contributed by atoms with Crippen molar-refractivity contribution in [3.8, 4) is 11.3 Å². The van der Waals surface area contributed by atoms with Gasteiger partial charge in [-0.25, -0.2) is 18.2 Å². The van der Waals surface area contributed by atoms with Crippen LogP contribution in [0.15, 0.2) is 24.5 Å². The summed E-state index contributed by atoms with van der Waals surface area (Å²) in [4.78, 5) is 10.2. The topological polar surface area (TPSA) is 61.3 Å². The third kappa shape index (κ3) is 3.93. The van der Waals surface area contributed by atoms with E-state index in [0.29, 0.717) is 42.9 Å². The molecule has 1 aliphatic carbocycles. The Labute approximate surface area is 171 Å². The van der Waals surface area contributed by atoms with Crippen LogP contribution in [0, 0.1) is 11.2 Å². The Morgan fingerprint density at radius 1 is 1.28 bits per heavy atom. The van der Waals surface area contributed by atoms with Gasteiger partial charge in [0.1, 0.15) is 16.7 Å². The van der Waals surface area contributed by atoms with Gasteiger partial charge in [0, 0.05) is 62.3 Å². The van der Waals surface area contributed by atoms with E-state index in [4.69, 9.17) is 16.7 Å². The monoisotopic (exact) mass is 426 g/mol. The van der Waals surface area contributed by atoms with E-state index in [9.17, 15) is 13.2 Å². The second-order valence-corrected chi connectivity index (χ2v) is 8.48. The Kier molecular flexibility index (Phi) is 5.21. The van der Waals surface area contributed by atoms with Crippen molar-refractivity contribution in [2.24, 2.45) is 5.41 Å². The van der Waals surface area contributed by atoms with Crippen LogP contribution < -0.4 is 5.32 Å². The van der Waals surface area contributed by atoms with E-state index >= 15 is 0 Å². The lowest BCUT2D eigenvalue weighted by molar-refractivity contribution is -0.0279. The third-order valence-corrected chi connectivity index (χ3v) is 5.86. The van der Waals surface area contributed by atoms with Gasteiger partial charge in [0.05, 0.1) is 5.41 Å². The van der Waals surface area contributed by atoms with Crippen LogP contribution in [0.1, 0.15) is 25.3 Å². The zero-order valence-corrected chi connectivity index (χ0v) is 16.7. The number of likely N-dealkylation sites (tertiary alicyclic amines) is 1. The van der Waals surface area contributed by atoms with E-state index in [1.165, 1.54) is 12.3 Å². The van der Waals surface area contributed by atoms with Crippen LogP contribution in [-0.2, 0) is 6.54 Å². The van der Waals surface area contributed by atoms with Gasteiger partial charge in [-0.15, -0.1) is 0 Å². The predicted molar refractivity (Wildman–Crippen MR) is 104 cm³/mol. The average molecular weight is 427 g/mol. The van der Waals surface area contributed by atoms with E-state index in [1.54, 1.807) is 12.3 Å². The highest BCUT2D eigenvalue weighted by Crippen LogP contribution is 2.65. The van der Waals surface area contributed by atoms with Crippen molar-refractivity contribution < 1.29 is 18.3 Å². The van der Waals surface area contributed by atoms with E-state index in [2.05, 4.69) is 15.3 Å². The second kappa shape index (κ2) is 7.41. The Morgan fingerprint density at radius 3 is 2.62 bits per heavy atom. The third-order valence-electron chi connectivity index (χ3n) is 5.66. The number of hydrogen-bond acceptors (Lipinski definition) is 5. The molecule has 3 heterocycles. The number of nitrogens with one attached hydrogen (secondary N) is 1. The molecule has 0 radical (unpaired) electrons. The van der Waals surface area contributed by atoms with Gasteiger partial charge in [-0.1, -0.05) is 11.6 Å². The Morgan fingerprint density at radius 2 is 2.00 bits per heavy atom. The fourth-order valence-corrected chi connectivity index (χ4v) is 4.09. The predicted octanol–water partition coefficient (Wildman–Crippen LogP) is 3.96. The highest BCUT2D eigenvalue weighted by Gasteiger charge is 2.75. The summed E-state index contributed by atoms with van der Waals surface area (Å²) in [5.74, 6) is -3.06. The van der Waals surface area contributed by atoms with Crippen molar-refractivity contribution in [2.75, 3.05) is 25.0 Å². The second-order valence-electron chi connectivity index (χ2n) is 8.09. The summed E-state index contributed by atoms with van der Waals surface area (Å²) in [5, 5.41) is 12.5. The van der Waals surface area contributed by atoms with Crippen LogP contribution >= 0.6 is 11.6 Å². The van der Waals surface area contributed by atoms with Gasteiger partial charge in [-0.05, 0) is 31.0 Å². The molecule has 2 aromatic heterocycles. The molecule has 1 atom stereocenters. The molecule has 0 bridgehead atoms. The molecule has 2 fully saturated rings. The molecule has 9 heteroatoms. The van der Waals surface area contributed by atoms with Crippen LogP contribution in [0.2, 0.25) is 5.15 Å². The lowest BCUT2D eigenvalue weighted by atomic mass is 9.95. The summed E-state index contributed by atoms with van der Waals surface area (Å²) in [7, 11) is 0. The zero-order chi connectivity index (χ0) is 20.8. The standard InChI is InChI=1S/C20H22ClF3N4O/c1-12(2-3-29)27-16-5-17(21)25-7-14(16)18-15(22)4-13(6-26-18)8-28-10-19(11-28)9-20(19,23)24/h4-7,12,29H,2-3,8-11H2,1H3,(H,25,27)/t12-/m0/s1. The molecule has 1 saturated heterocycles. The molecule has 29 heavy (non-hydrogen) atoms. The van der Waals surface area contributed by atoms with Crippen molar-refractivity contribution in [2.45, 2.75) is 38.3 Å². The van der Waals surface area contributed by atoms with E-state index in [0.717, 1.165) is 0 Å². The number of rotatable bonds is 7. The van der Waals surface area contributed by atoms with Crippen molar-refractivity contribution >= 4 is 17.3 Å². The minimum atomic E-state index is -2.55. The van der Waals surface area contributed by atoms with E-state index in [1.807, 2.05) is 11.8 Å². The van der Waals surface area contributed by atoms with Gasteiger partial charge in [0.25, 0.3) is 5.92 Å². The summed E-state index contributed by atoms with van der Waals surface area (Å²) in [6.07, 6.45) is 3.49. The molecule has 0 unspecified atom stereocenters. The van der Waals surface area contributed by atoms with Crippen molar-refractivity contribution in [3.05, 3.63) is 41.1 Å². The molecule has 5 nitrogen and oxygen atoms in total. The first-order valence-electron chi connectivity index (χ1n) is 9.51. The summed E-state index contributed by atoms with van der Waals surface area (Å²) in [5.41, 5.74) is 0.954. The zero-order valence-electron chi connectivity index (χ0n) is 15.9. The SMILES string of the molecule is C[C@@H](CCO)Nc1cc(Cl)ncc1-c1ncc(CN2CC3(C2)CC3(F)F)cc1F. The average Bonchev–Trinajstić information content (AvgIpc) is 3.18. The molecular weight excluding hydrogens is 405 g/mol. The molecule has 1 aliphatic heterocycles. The van der Waals surface area contributed by atoms with Crippen LogP contribution in [0.4, 0.5) is 18.9 Å². The molecule has 2 aromatic rings. The van der Waals surface area contributed by atoms with Crippen molar-refractivity contribution in [1.82, 2.24) is 14.9 Å². The first-order valence-corrected chi connectivity index (χ1v) is 9.89. The maximum Gasteiger partial charge on any atom is 0.257 e. The molecule has 0 aromatic carbocycles. The number of hydrogen-bond donors (Lipinski definition) is 2. The fourth-order valence-electron chi connectivity index (χ4n) is 3.94. The molecule has 1 saturated carbocycles. The summed E-state index contributed by atoms with van der Waals surface area (Å²) < 4.78 is 41.5. The van der Waals surface area contributed by atoms with Gasteiger partial charge in [0.15, 0.2) is 0 Å². The number of aliphatic hydroxyl groups excluding tert-OH is 1. The lowest BCUT2D eigenvalue weighted by Gasteiger charge is -2.39. The van der Waals surface area contributed by atoms with E-state index < -0.39 is 17.2 Å². The number of aromatic nitrogens is 2. The smallest absolute Gasteiger partial charge is 0.257 e. The number of anilines is 1. The molecule has 156 valence electrons. The van der Waals surface area contributed by atoms with Gasteiger partial charge in [-0.2, -0.15) is 0 Å². The number of aliphatic hydroxyl groups is 1. The Bertz CT molecular complexity index is 921. The van der Waals surface area contributed by atoms with Crippen LogP contribution in [0.25, 0.3) is 11.3 Å². The number of nitrogens with zero attached hydrogens (tertiary/aromatic N) is 3. The summed E-state index contributed by atoms with van der Waals surface area (Å²) in [6, 6.07) is 2.92. The Hall–Kier alpha value is -1.90. The highest BCUT2D eigenvalue weighted by atomic mass is 35.5. The first-order chi connectivity index (χ1) is 13.7. The van der Waals surface area contributed by atoms with Crippen LogP contribution in [0.3, 0.4) is 0 Å². The molecule has 1 spiro atoms. The fraction of sp³-hybridized carbons (Fsp3) is 0.500. The lowest BCUT2D eigenvalue weighted by Crippen LogP contribution is -2.50. The van der Waals surface area contributed by atoms with Gasteiger partial charge >= 0.3 is 0 Å². The quantitative estimate of drug-likeness (QED) is 0.656. The number of halogens is 4. The Balaban J connectivity index is 1.50. The summed E-state index contributed by atoms with van der Waals surface area (Å²) in [6.45, 7) is 2.97. The number of alkyl halides is 2. The molecular formula is C20H22ClF3N4O. The maximum atomic E-state index is 14.8. The molecule has 2 N–H and O–H groups in total. The molecule has 4 rings (SSSR count). The van der Waals surface area contributed by atoms with Gasteiger partial charge in [0.2, 0.25) is 0 Å². The molecule has 0 amide bonds. The van der Waals surface area contributed by atoms with Crippen LogP contribution in [-0.4, -0.2) is 51.6 Å². The van der Waals surface area contributed by atoms with E-state index in [-0.39, 0.29) is 29.9 Å². The first kappa shape index (κ1) is 20.4. The maximum absolute atomic E-state index is 14.8. The van der Waals surface area contributed by atoms with Crippen molar-refractivity contribution in [1.29, 1.82) is 0 Å². The minimum Gasteiger partial charge on any atom is -0.396 e. The highest BCUT2D eigenvalue weighted by molar-refractivity contribution is 6.29. The number of pyridine rings is 2. The normalized spacial score (nSPS) is 20.3.